The van der Waals surface area contributed by atoms with Crippen molar-refractivity contribution in [2.75, 3.05) is 24.8 Å². The van der Waals surface area contributed by atoms with Gasteiger partial charge in [0.2, 0.25) is 5.43 Å². The number of nitrogens with zero attached hydrogens (tertiary/aromatic N) is 3. The van der Waals surface area contributed by atoms with Crippen LogP contribution < -0.4 is 10.4 Å². The highest BCUT2D eigenvalue weighted by atomic mass is 35.5. The molecule has 1 aromatic heterocycles. The summed E-state index contributed by atoms with van der Waals surface area (Å²) in [6, 6.07) is 13.8. The molecule has 3 aromatic rings. The van der Waals surface area contributed by atoms with Crippen LogP contribution in [0.25, 0.3) is 0 Å². The highest BCUT2D eigenvalue weighted by Crippen LogP contribution is 2.51. The number of pyridine rings is 1. The van der Waals surface area contributed by atoms with E-state index in [0.717, 1.165) is 10.5 Å². The molecule has 7 nitrogen and oxygen atoms in total. The number of carbonyl (C=O) groups excluding carboxylic acids is 1. The molecular formula is C24H18B2ClN3O4S. The van der Waals surface area contributed by atoms with Crippen molar-refractivity contribution in [3.63, 3.8) is 0 Å². The zero-order valence-electron chi connectivity index (χ0n) is 18.4. The third-order valence-electron chi connectivity index (χ3n) is 6.68. The number of benzene rings is 2. The second kappa shape index (κ2) is 8.11. The van der Waals surface area contributed by atoms with E-state index in [9.17, 15) is 14.7 Å². The Bertz CT molecular complexity index is 1430. The average molecular weight is 502 g/mol. The quantitative estimate of drug-likeness (QED) is 0.516. The van der Waals surface area contributed by atoms with Gasteiger partial charge in [-0.2, -0.15) is 0 Å². The predicted octanol–water partition coefficient (Wildman–Crippen LogP) is 2.30. The fraction of sp³-hybridized carbons (Fsp3) is 0.250. The van der Waals surface area contributed by atoms with E-state index in [2.05, 4.69) is 0 Å². The van der Waals surface area contributed by atoms with E-state index in [0.29, 0.717) is 29.3 Å². The molecular weight excluding hydrogens is 483 g/mol. The Morgan fingerprint density at radius 2 is 1.91 bits per heavy atom. The van der Waals surface area contributed by atoms with E-state index in [1.807, 2.05) is 35.3 Å². The van der Waals surface area contributed by atoms with Crippen LogP contribution in [0.1, 0.15) is 33.2 Å². The van der Waals surface area contributed by atoms with Crippen LogP contribution >= 0.6 is 23.4 Å². The molecule has 2 aromatic carbocycles. The van der Waals surface area contributed by atoms with E-state index < -0.39 is 33.8 Å². The van der Waals surface area contributed by atoms with Gasteiger partial charge in [-0.05, 0) is 27.8 Å². The van der Waals surface area contributed by atoms with Gasteiger partial charge in [-0.15, -0.1) is 11.8 Å². The second-order valence-electron chi connectivity index (χ2n) is 8.69. The van der Waals surface area contributed by atoms with Gasteiger partial charge in [0.1, 0.15) is 12.2 Å². The van der Waals surface area contributed by atoms with E-state index in [1.54, 1.807) is 17.0 Å². The highest BCUT2D eigenvalue weighted by Gasteiger charge is 2.47. The van der Waals surface area contributed by atoms with E-state index in [1.165, 1.54) is 28.7 Å². The number of aromatic hydroxyl groups is 1. The van der Waals surface area contributed by atoms with Gasteiger partial charge in [0, 0.05) is 34.3 Å². The number of fused-ring (bicyclic) bond motifs is 4. The summed E-state index contributed by atoms with van der Waals surface area (Å²) in [6.45, 7) is 0.871. The molecule has 2 atom stereocenters. The number of hydrogen-bond donors (Lipinski definition) is 1. The van der Waals surface area contributed by atoms with Crippen molar-refractivity contribution in [2.45, 2.75) is 21.6 Å². The van der Waals surface area contributed by atoms with Crippen LogP contribution in [-0.4, -0.2) is 62.2 Å². The summed E-state index contributed by atoms with van der Waals surface area (Å²) in [4.78, 5) is 28.2. The zero-order chi connectivity index (χ0) is 24.5. The largest absolute Gasteiger partial charge is 0.502 e. The van der Waals surface area contributed by atoms with Gasteiger partial charge in [0.05, 0.1) is 28.9 Å². The summed E-state index contributed by atoms with van der Waals surface area (Å²) in [5.41, 5.74) is 1.46. The van der Waals surface area contributed by atoms with Crippen LogP contribution in [0, 0.1) is 0 Å². The summed E-state index contributed by atoms with van der Waals surface area (Å²) in [5, 5.41) is 13.1. The van der Waals surface area contributed by atoms with Crippen molar-refractivity contribution in [1.82, 2.24) is 9.58 Å². The fourth-order valence-corrected chi connectivity index (χ4v) is 6.53. The molecule has 172 valence electrons. The molecule has 1 saturated heterocycles. The van der Waals surface area contributed by atoms with E-state index in [-0.39, 0.29) is 12.3 Å². The number of ether oxygens (including phenoxy) is 1. The van der Waals surface area contributed by atoms with E-state index in [4.69, 9.17) is 32.0 Å². The highest BCUT2D eigenvalue weighted by molar-refractivity contribution is 8.02. The normalized spacial score (nSPS) is 22.5. The Balaban J connectivity index is 1.71. The first kappa shape index (κ1) is 22.6. The minimum atomic E-state index is -1.28. The topological polar surface area (TPSA) is 75.0 Å². The Kier molecular flexibility index (Phi) is 5.25. The van der Waals surface area contributed by atoms with Crippen molar-refractivity contribution >= 4 is 45.0 Å². The number of morpholine rings is 1. The number of rotatable bonds is 1. The molecule has 3 aliphatic rings. The first-order valence-electron chi connectivity index (χ1n) is 11.1. The molecule has 3 aliphatic heterocycles. The van der Waals surface area contributed by atoms with Crippen molar-refractivity contribution in [2.24, 2.45) is 0 Å². The molecule has 35 heavy (non-hydrogen) atoms. The molecule has 0 spiro atoms. The minimum Gasteiger partial charge on any atom is -0.502 e. The van der Waals surface area contributed by atoms with Crippen molar-refractivity contribution in [3.05, 3.63) is 92.4 Å². The third kappa shape index (κ3) is 3.34. The smallest absolute Gasteiger partial charge is 0.278 e. The van der Waals surface area contributed by atoms with Crippen LogP contribution in [0.3, 0.4) is 0 Å². The van der Waals surface area contributed by atoms with Gasteiger partial charge < -0.3 is 14.7 Å². The second-order valence-corrected chi connectivity index (χ2v) is 10.4. The number of halogens is 1. The minimum absolute atomic E-state index is 0.106. The third-order valence-corrected chi connectivity index (χ3v) is 8.16. The lowest BCUT2D eigenvalue weighted by Gasteiger charge is -2.51. The average Bonchev–Trinajstić information content (AvgIpc) is 2.94. The Morgan fingerprint density at radius 3 is 2.74 bits per heavy atom. The maximum Gasteiger partial charge on any atom is 0.278 e. The molecule has 1 N–H and O–H groups in total. The molecule has 6 rings (SSSR count). The van der Waals surface area contributed by atoms with Crippen molar-refractivity contribution in [1.29, 1.82) is 0 Å². The number of hydrogen-bond acceptors (Lipinski definition) is 6. The Hall–Kier alpha value is -2.81. The molecule has 4 heterocycles. The lowest BCUT2D eigenvalue weighted by molar-refractivity contribution is -0.0197. The first-order valence-corrected chi connectivity index (χ1v) is 12.3. The number of carbonyl (C=O) groups is 1. The number of aromatic nitrogens is 1. The lowest BCUT2D eigenvalue weighted by atomic mass is 9.63. The van der Waals surface area contributed by atoms with E-state index >= 15 is 0 Å². The summed E-state index contributed by atoms with van der Waals surface area (Å²) in [7, 11) is 13.3. The molecule has 1 fully saturated rings. The Labute approximate surface area is 213 Å². The van der Waals surface area contributed by atoms with Crippen LogP contribution in [0.4, 0.5) is 0 Å². The van der Waals surface area contributed by atoms with Crippen LogP contribution in [-0.2, 0) is 9.28 Å². The van der Waals surface area contributed by atoms with Gasteiger partial charge in [-0.3, -0.25) is 19.3 Å². The van der Waals surface area contributed by atoms with Crippen molar-refractivity contribution in [3.8, 4) is 5.75 Å². The molecule has 1 amide bonds. The molecule has 0 unspecified atom stereocenters. The standard InChI is InChI=1S/C24H18B2ClN3O4S/c25-24(26)14-5-3-6-15(27)19(14)20(13-4-1-2-7-17(13)35-24)30-18-12-34-11-10-28(18)23(33)21-22(32)16(31)8-9-29(21)30/h1-9,18,20,32H,10-12H2/t18-,20-/m1/s1. The summed E-state index contributed by atoms with van der Waals surface area (Å²) in [6.07, 6.45) is 0.956. The molecule has 4 radical (unpaired) electrons. The maximum atomic E-state index is 13.4. The van der Waals surface area contributed by atoms with Gasteiger partial charge in [0.25, 0.3) is 5.91 Å². The van der Waals surface area contributed by atoms with Gasteiger partial charge in [0.15, 0.2) is 11.4 Å². The summed E-state index contributed by atoms with van der Waals surface area (Å²) in [5.74, 6) is -1.04. The predicted molar refractivity (Wildman–Crippen MR) is 135 cm³/mol. The number of amides is 1. The fourth-order valence-electron chi connectivity index (χ4n) is 5.15. The molecule has 0 saturated carbocycles. The van der Waals surface area contributed by atoms with Crippen LogP contribution in [0.15, 0.2) is 64.4 Å². The van der Waals surface area contributed by atoms with Crippen LogP contribution in [0.2, 0.25) is 5.02 Å². The molecule has 0 aliphatic carbocycles. The van der Waals surface area contributed by atoms with Gasteiger partial charge >= 0.3 is 0 Å². The lowest BCUT2D eigenvalue weighted by Crippen LogP contribution is -2.66. The summed E-state index contributed by atoms with van der Waals surface area (Å²) < 4.78 is 6.05. The molecule has 11 heteroatoms. The molecule has 0 bridgehead atoms. The van der Waals surface area contributed by atoms with Gasteiger partial charge in [-0.1, -0.05) is 41.9 Å². The maximum absolute atomic E-state index is 13.4. The summed E-state index contributed by atoms with van der Waals surface area (Å²) >= 11 is 8.16. The number of thioether (sulfide) groups is 1. The van der Waals surface area contributed by atoms with Gasteiger partial charge in [-0.25, -0.2) is 0 Å². The Morgan fingerprint density at radius 1 is 1.11 bits per heavy atom. The zero-order valence-corrected chi connectivity index (χ0v) is 20.0. The first-order chi connectivity index (χ1) is 16.8. The monoisotopic (exact) mass is 501 g/mol. The van der Waals surface area contributed by atoms with Crippen LogP contribution in [0.5, 0.6) is 5.75 Å². The SMILES string of the molecule is [B]C1([B])Sc2ccccc2[C@@H](N2[C@@H]3COCCN3C(=O)c3c(O)c(=O)ccn32)c2c(Cl)cccc21. The van der Waals surface area contributed by atoms with Crippen molar-refractivity contribution < 1.29 is 14.6 Å².